The van der Waals surface area contributed by atoms with Crippen molar-refractivity contribution in [1.82, 2.24) is 25.2 Å². The molecule has 0 radical (unpaired) electrons. The molecule has 1 saturated heterocycles. The summed E-state index contributed by atoms with van der Waals surface area (Å²) in [5.74, 6) is 0.938. The van der Waals surface area contributed by atoms with Crippen LogP contribution in [-0.2, 0) is 10.3 Å². The van der Waals surface area contributed by atoms with E-state index in [2.05, 4.69) is 25.9 Å². The van der Waals surface area contributed by atoms with Gasteiger partial charge >= 0.3 is 0 Å². The van der Waals surface area contributed by atoms with Gasteiger partial charge in [-0.15, -0.1) is 12.4 Å². The number of nitrogens with zero attached hydrogens (tertiary/aromatic N) is 4. The molecular weight excluding hydrogens is 368 g/mol. The Hall–Kier alpha value is -2.71. The van der Waals surface area contributed by atoms with Gasteiger partial charge in [-0.1, -0.05) is 17.3 Å². The van der Waals surface area contributed by atoms with Crippen molar-refractivity contribution in [3.63, 3.8) is 0 Å². The van der Waals surface area contributed by atoms with Crippen LogP contribution in [0.1, 0.15) is 18.7 Å². The van der Waals surface area contributed by atoms with E-state index < -0.39 is 5.54 Å². The van der Waals surface area contributed by atoms with Crippen LogP contribution in [-0.4, -0.2) is 38.9 Å². The minimum atomic E-state index is -0.687. The molecule has 3 aromatic rings. The number of carbonyl (C=O) groups excluding carboxylic acids is 1. The number of halogens is 1. The molecule has 1 aliphatic rings. The zero-order chi connectivity index (χ0) is 18.0. The molecule has 9 heteroatoms. The van der Waals surface area contributed by atoms with Crippen molar-refractivity contribution in [1.29, 1.82) is 0 Å². The third-order valence-electron chi connectivity index (χ3n) is 4.70. The SMILES string of the molecule is Cc1nc(-c2cccc(NC(=O)C3(n4cccn4)CCNCC3)c2)no1.Cl. The number of piperidine rings is 1. The van der Waals surface area contributed by atoms with Crippen LogP contribution in [0.5, 0.6) is 0 Å². The predicted octanol–water partition coefficient (Wildman–Crippen LogP) is 2.38. The average molecular weight is 389 g/mol. The molecule has 0 bridgehead atoms. The second-order valence-electron chi connectivity index (χ2n) is 6.40. The van der Waals surface area contributed by atoms with Crippen molar-refractivity contribution >= 4 is 24.0 Å². The molecule has 0 saturated carbocycles. The predicted molar refractivity (Wildman–Crippen MR) is 103 cm³/mol. The Balaban J connectivity index is 0.00000210. The first-order chi connectivity index (χ1) is 12.7. The molecule has 3 heterocycles. The van der Waals surface area contributed by atoms with Gasteiger partial charge < -0.3 is 15.2 Å². The van der Waals surface area contributed by atoms with Crippen LogP contribution in [0.4, 0.5) is 5.69 Å². The van der Waals surface area contributed by atoms with Crippen LogP contribution in [0.25, 0.3) is 11.4 Å². The highest BCUT2D eigenvalue weighted by Gasteiger charge is 2.42. The number of benzene rings is 1. The second kappa shape index (κ2) is 7.89. The molecule has 0 aliphatic carbocycles. The first kappa shape index (κ1) is 19.1. The van der Waals surface area contributed by atoms with Crippen LogP contribution in [0, 0.1) is 6.92 Å². The fourth-order valence-electron chi connectivity index (χ4n) is 3.32. The molecule has 1 fully saturated rings. The summed E-state index contributed by atoms with van der Waals surface area (Å²) in [6.45, 7) is 3.29. The second-order valence-corrected chi connectivity index (χ2v) is 6.40. The fourth-order valence-corrected chi connectivity index (χ4v) is 3.32. The molecule has 2 N–H and O–H groups in total. The Bertz CT molecular complexity index is 902. The molecule has 27 heavy (non-hydrogen) atoms. The smallest absolute Gasteiger partial charge is 0.252 e. The van der Waals surface area contributed by atoms with Crippen LogP contribution in [0.2, 0.25) is 0 Å². The van der Waals surface area contributed by atoms with Crippen LogP contribution in [0.15, 0.2) is 47.2 Å². The zero-order valence-corrected chi connectivity index (χ0v) is 15.7. The molecule has 0 unspecified atom stereocenters. The van der Waals surface area contributed by atoms with E-state index >= 15 is 0 Å². The van der Waals surface area contributed by atoms with Crippen molar-refractivity contribution in [2.75, 3.05) is 18.4 Å². The van der Waals surface area contributed by atoms with Crippen LogP contribution in [0.3, 0.4) is 0 Å². The number of amides is 1. The van der Waals surface area contributed by atoms with Crippen LogP contribution >= 0.6 is 12.4 Å². The minimum absolute atomic E-state index is 0. The highest BCUT2D eigenvalue weighted by molar-refractivity contribution is 5.97. The Morgan fingerprint density at radius 2 is 2.11 bits per heavy atom. The molecule has 4 rings (SSSR count). The Labute approximate surface area is 162 Å². The quantitative estimate of drug-likeness (QED) is 0.712. The van der Waals surface area contributed by atoms with E-state index in [4.69, 9.17) is 4.52 Å². The fraction of sp³-hybridized carbons (Fsp3) is 0.333. The van der Waals surface area contributed by atoms with E-state index in [1.54, 1.807) is 17.8 Å². The summed E-state index contributed by atoms with van der Waals surface area (Å²) < 4.78 is 6.81. The van der Waals surface area contributed by atoms with Crippen molar-refractivity contribution < 1.29 is 9.32 Å². The van der Waals surface area contributed by atoms with Gasteiger partial charge in [0.15, 0.2) is 0 Å². The van der Waals surface area contributed by atoms with E-state index in [-0.39, 0.29) is 18.3 Å². The third kappa shape index (κ3) is 3.72. The van der Waals surface area contributed by atoms with E-state index in [1.807, 2.05) is 36.5 Å². The lowest BCUT2D eigenvalue weighted by atomic mass is 9.87. The number of hydrogen-bond acceptors (Lipinski definition) is 6. The minimum Gasteiger partial charge on any atom is -0.339 e. The van der Waals surface area contributed by atoms with Crippen LogP contribution < -0.4 is 10.6 Å². The number of aryl methyl sites for hydroxylation is 1. The van der Waals surface area contributed by atoms with Crippen molar-refractivity contribution in [3.8, 4) is 11.4 Å². The maximum absolute atomic E-state index is 13.2. The van der Waals surface area contributed by atoms with Gasteiger partial charge in [-0.2, -0.15) is 10.1 Å². The molecule has 8 nitrogen and oxygen atoms in total. The van der Waals surface area contributed by atoms with Gasteiger partial charge in [0.2, 0.25) is 11.7 Å². The zero-order valence-electron chi connectivity index (χ0n) is 14.9. The van der Waals surface area contributed by atoms with E-state index in [0.717, 1.165) is 18.7 Å². The normalized spacial score (nSPS) is 15.7. The Morgan fingerprint density at radius 1 is 1.30 bits per heavy atom. The molecule has 1 amide bonds. The number of anilines is 1. The van der Waals surface area contributed by atoms with Gasteiger partial charge in [0.1, 0.15) is 5.54 Å². The molecule has 0 atom stereocenters. The van der Waals surface area contributed by atoms with Crippen molar-refractivity contribution in [2.24, 2.45) is 0 Å². The Morgan fingerprint density at radius 3 is 2.78 bits per heavy atom. The molecule has 1 aliphatic heterocycles. The maximum Gasteiger partial charge on any atom is 0.252 e. The summed E-state index contributed by atoms with van der Waals surface area (Å²) in [6, 6.07) is 9.29. The first-order valence-electron chi connectivity index (χ1n) is 8.60. The lowest BCUT2D eigenvalue weighted by Crippen LogP contribution is -2.52. The highest BCUT2D eigenvalue weighted by Crippen LogP contribution is 2.29. The number of nitrogens with one attached hydrogen (secondary N) is 2. The van der Waals surface area contributed by atoms with Gasteiger partial charge in [0, 0.05) is 30.6 Å². The van der Waals surface area contributed by atoms with E-state index in [9.17, 15) is 4.79 Å². The van der Waals surface area contributed by atoms with E-state index in [1.165, 1.54) is 0 Å². The van der Waals surface area contributed by atoms with Gasteiger partial charge in [-0.05, 0) is 44.1 Å². The van der Waals surface area contributed by atoms with Gasteiger partial charge in [0.25, 0.3) is 5.91 Å². The summed E-state index contributed by atoms with van der Waals surface area (Å²) in [5.41, 5.74) is 0.797. The summed E-state index contributed by atoms with van der Waals surface area (Å²) >= 11 is 0. The molecule has 1 aromatic carbocycles. The van der Waals surface area contributed by atoms with E-state index in [0.29, 0.717) is 30.2 Å². The summed E-state index contributed by atoms with van der Waals surface area (Å²) in [5, 5.41) is 14.6. The average Bonchev–Trinajstić information content (AvgIpc) is 3.34. The number of rotatable bonds is 4. The number of aromatic nitrogens is 4. The molecule has 142 valence electrons. The van der Waals surface area contributed by atoms with Gasteiger partial charge in [-0.25, -0.2) is 0 Å². The summed E-state index contributed by atoms with van der Waals surface area (Å²) in [4.78, 5) is 17.4. The standard InChI is InChI=1S/C18H20N6O2.ClH/c1-13-21-16(23-26-13)14-4-2-5-15(12-14)22-17(25)18(6-9-19-10-7-18)24-11-3-8-20-24;/h2-5,8,11-12,19H,6-7,9-10H2,1H3,(H,22,25);1H. The molecule has 0 spiro atoms. The van der Waals surface area contributed by atoms with Crippen molar-refractivity contribution in [3.05, 3.63) is 48.6 Å². The van der Waals surface area contributed by atoms with Gasteiger partial charge in [0.05, 0.1) is 0 Å². The van der Waals surface area contributed by atoms with Crippen molar-refractivity contribution in [2.45, 2.75) is 25.3 Å². The lowest BCUT2D eigenvalue weighted by molar-refractivity contribution is -0.126. The summed E-state index contributed by atoms with van der Waals surface area (Å²) in [7, 11) is 0. The first-order valence-corrected chi connectivity index (χ1v) is 8.60. The Kier molecular flexibility index (Phi) is 5.57. The molecular formula is C18H21ClN6O2. The third-order valence-corrected chi connectivity index (χ3v) is 4.70. The monoisotopic (exact) mass is 388 g/mol. The summed E-state index contributed by atoms with van der Waals surface area (Å²) in [6.07, 6.45) is 4.92. The molecule has 2 aromatic heterocycles. The highest BCUT2D eigenvalue weighted by atomic mass is 35.5. The maximum atomic E-state index is 13.2. The number of carbonyl (C=O) groups is 1. The number of hydrogen-bond donors (Lipinski definition) is 2. The lowest BCUT2D eigenvalue weighted by Gasteiger charge is -2.36. The topological polar surface area (TPSA) is 97.9 Å². The van der Waals surface area contributed by atoms with Gasteiger partial charge in [-0.3, -0.25) is 9.48 Å². The largest absolute Gasteiger partial charge is 0.339 e.